The van der Waals surface area contributed by atoms with E-state index in [9.17, 15) is 13.6 Å². The highest BCUT2D eigenvalue weighted by Crippen LogP contribution is 2.16. The van der Waals surface area contributed by atoms with Crippen molar-refractivity contribution < 1.29 is 13.6 Å². The number of hydrogen-bond donors (Lipinski definition) is 1. The molecule has 0 atom stereocenters. The Labute approximate surface area is 103 Å². The average Bonchev–Trinajstić information content (AvgIpc) is 2.25. The molecule has 0 aliphatic heterocycles. The number of nitrogen functional groups attached to an aromatic ring is 1. The Hall–Kier alpha value is -1.54. The number of anilines is 1. The standard InChI is InChI=1S/C12H11F2NOS/c1-8(16)17-5-3-2-4-9-6-10(13)12(15)11(14)7-9/h6-7H,3,5,15H2,1H3. The first-order valence-corrected chi connectivity index (χ1v) is 5.86. The van der Waals surface area contributed by atoms with Gasteiger partial charge in [-0.3, -0.25) is 4.79 Å². The molecule has 0 aliphatic carbocycles. The largest absolute Gasteiger partial charge is 0.394 e. The van der Waals surface area contributed by atoms with E-state index in [4.69, 9.17) is 5.73 Å². The van der Waals surface area contributed by atoms with Gasteiger partial charge in [0.25, 0.3) is 0 Å². The minimum absolute atomic E-state index is 0.0244. The van der Waals surface area contributed by atoms with Crippen molar-refractivity contribution in [1.29, 1.82) is 0 Å². The van der Waals surface area contributed by atoms with Crippen molar-refractivity contribution in [2.45, 2.75) is 13.3 Å². The Bertz CT molecular complexity index is 468. The smallest absolute Gasteiger partial charge is 0.185 e. The molecular formula is C12H11F2NOS. The quantitative estimate of drug-likeness (QED) is 0.502. The maximum Gasteiger partial charge on any atom is 0.185 e. The van der Waals surface area contributed by atoms with Crippen LogP contribution in [-0.4, -0.2) is 10.9 Å². The Balaban J connectivity index is 2.63. The molecule has 0 aromatic heterocycles. The molecule has 1 aromatic carbocycles. The number of carbonyl (C=O) groups excluding carboxylic acids is 1. The normalized spacial score (nSPS) is 9.59. The first kappa shape index (κ1) is 13.5. The molecule has 17 heavy (non-hydrogen) atoms. The van der Waals surface area contributed by atoms with E-state index in [0.29, 0.717) is 12.2 Å². The zero-order chi connectivity index (χ0) is 12.8. The van der Waals surface area contributed by atoms with Crippen molar-refractivity contribution in [2.24, 2.45) is 0 Å². The van der Waals surface area contributed by atoms with Crippen molar-refractivity contribution in [3.63, 3.8) is 0 Å². The van der Waals surface area contributed by atoms with E-state index in [1.54, 1.807) is 0 Å². The molecule has 0 amide bonds. The maximum atomic E-state index is 13.0. The summed E-state index contributed by atoms with van der Waals surface area (Å²) in [5.41, 5.74) is 4.86. The fourth-order valence-corrected chi connectivity index (χ4v) is 1.56. The third kappa shape index (κ3) is 4.45. The van der Waals surface area contributed by atoms with Gasteiger partial charge >= 0.3 is 0 Å². The molecule has 1 aromatic rings. The Morgan fingerprint density at radius 2 is 2.00 bits per heavy atom. The van der Waals surface area contributed by atoms with Gasteiger partial charge in [-0.25, -0.2) is 8.78 Å². The number of thioether (sulfide) groups is 1. The van der Waals surface area contributed by atoms with Crippen LogP contribution in [-0.2, 0) is 4.79 Å². The summed E-state index contributed by atoms with van der Waals surface area (Å²) in [6, 6.07) is 2.17. The fourth-order valence-electron chi connectivity index (χ4n) is 1.07. The van der Waals surface area contributed by atoms with Gasteiger partial charge in [-0.1, -0.05) is 23.6 Å². The third-order valence-electron chi connectivity index (χ3n) is 1.84. The Morgan fingerprint density at radius 3 is 2.53 bits per heavy atom. The highest BCUT2D eigenvalue weighted by atomic mass is 32.2. The first-order chi connectivity index (χ1) is 8.00. The van der Waals surface area contributed by atoms with Crippen molar-refractivity contribution in [3.8, 4) is 11.8 Å². The Morgan fingerprint density at radius 1 is 1.41 bits per heavy atom. The number of rotatable bonds is 2. The van der Waals surface area contributed by atoms with Gasteiger partial charge in [-0.05, 0) is 12.1 Å². The second-order valence-electron chi connectivity index (χ2n) is 3.25. The number of benzene rings is 1. The lowest BCUT2D eigenvalue weighted by atomic mass is 10.2. The van der Waals surface area contributed by atoms with Crippen molar-refractivity contribution in [2.75, 3.05) is 11.5 Å². The van der Waals surface area contributed by atoms with Crippen LogP contribution < -0.4 is 5.73 Å². The summed E-state index contributed by atoms with van der Waals surface area (Å²) in [7, 11) is 0. The zero-order valence-electron chi connectivity index (χ0n) is 9.22. The van der Waals surface area contributed by atoms with Gasteiger partial charge in [-0.15, -0.1) is 0 Å². The molecular weight excluding hydrogens is 244 g/mol. The molecule has 0 aliphatic rings. The van der Waals surface area contributed by atoms with Crippen LogP contribution in [0, 0.1) is 23.5 Å². The van der Waals surface area contributed by atoms with E-state index in [-0.39, 0.29) is 10.7 Å². The number of carbonyl (C=O) groups is 1. The average molecular weight is 255 g/mol. The van der Waals surface area contributed by atoms with E-state index < -0.39 is 17.3 Å². The van der Waals surface area contributed by atoms with E-state index in [1.807, 2.05) is 0 Å². The van der Waals surface area contributed by atoms with Crippen LogP contribution >= 0.6 is 11.8 Å². The number of halogens is 2. The van der Waals surface area contributed by atoms with Crippen LogP contribution in [0.3, 0.4) is 0 Å². The number of hydrogen-bond acceptors (Lipinski definition) is 3. The van der Waals surface area contributed by atoms with Crippen LogP contribution in [0.4, 0.5) is 14.5 Å². The summed E-state index contributed by atoms with van der Waals surface area (Å²) in [5, 5.41) is 0.0244. The van der Waals surface area contributed by atoms with Gasteiger partial charge in [0.1, 0.15) is 17.3 Å². The van der Waals surface area contributed by atoms with Crippen molar-refractivity contribution in [3.05, 3.63) is 29.3 Å². The molecule has 0 radical (unpaired) electrons. The van der Waals surface area contributed by atoms with Gasteiger partial charge < -0.3 is 5.73 Å². The summed E-state index contributed by atoms with van der Waals surface area (Å²) in [4.78, 5) is 10.6. The van der Waals surface area contributed by atoms with Gasteiger partial charge in [0.2, 0.25) is 0 Å². The maximum absolute atomic E-state index is 13.0. The van der Waals surface area contributed by atoms with Crippen LogP contribution in [0.1, 0.15) is 18.9 Å². The minimum atomic E-state index is -0.813. The highest BCUT2D eigenvalue weighted by molar-refractivity contribution is 8.13. The predicted octanol–water partition coefficient (Wildman–Crippen LogP) is 2.57. The zero-order valence-corrected chi connectivity index (χ0v) is 10.0. The second-order valence-corrected chi connectivity index (χ2v) is 4.52. The SMILES string of the molecule is CC(=O)SCCC#Cc1cc(F)c(N)c(F)c1. The predicted molar refractivity (Wildman–Crippen MR) is 65.4 cm³/mol. The van der Waals surface area contributed by atoms with Crippen LogP contribution in [0.15, 0.2) is 12.1 Å². The molecule has 0 unspecified atom stereocenters. The van der Waals surface area contributed by atoms with Crippen LogP contribution in [0.2, 0.25) is 0 Å². The third-order valence-corrected chi connectivity index (χ3v) is 2.66. The highest BCUT2D eigenvalue weighted by Gasteiger charge is 2.05. The van der Waals surface area contributed by atoms with Gasteiger partial charge in [0.05, 0.1) is 0 Å². The van der Waals surface area contributed by atoms with Crippen molar-refractivity contribution in [1.82, 2.24) is 0 Å². The summed E-state index contributed by atoms with van der Waals surface area (Å²) in [6.07, 6.45) is 0.484. The summed E-state index contributed by atoms with van der Waals surface area (Å²) >= 11 is 1.17. The summed E-state index contributed by atoms with van der Waals surface area (Å²) < 4.78 is 26.1. The molecule has 0 saturated carbocycles. The van der Waals surface area contributed by atoms with E-state index in [0.717, 1.165) is 12.1 Å². The molecule has 0 spiro atoms. The fraction of sp³-hybridized carbons (Fsp3) is 0.250. The molecule has 0 bridgehead atoms. The molecule has 90 valence electrons. The van der Waals surface area contributed by atoms with Crippen LogP contribution in [0.5, 0.6) is 0 Å². The number of nitrogens with two attached hydrogens (primary N) is 1. The first-order valence-electron chi connectivity index (χ1n) is 4.87. The van der Waals surface area contributed by atoms with Gasteiger partial charge in [0, 0.05) is 24.7 Å². The monoisotopic (exact) mass is 255 g/mol. The molecule has 0 saturated heterocycles. The van der Waals surface area contributed by atoms with E-state index in [2.05, 4.69) is 11.8 Å². The lowest BCUT2D eigenvalue weighted by molar-refractivity contribution is -0.109. The molecule has 0 heterocycles. The van der Waals surface area contributed by atoms with E-state index >= 15 is 0 Å². The lowest BCUT2D eigenvalue weighted by Crippen LogP contribution is -1.96. The lowest BCUT2D eigenvalue weighted by Gasteiger charge is -1.98. The van der Waals surface area contributed by atoms with Crippen molar-refractivity contribution >= 4 is 22.6 Å². The second kappa shape index (κ2) is 6.26. The molecule has 1 rings (SSSR count). The molecule has 2 nitrogen and oxygen atoms in total. The van der Waals surface area contributed by atoms with Gasteiger partial charge in [-0.2, -0.15) is 0 Å². The minimum Gasteiger partial charge on any atom is -0.394 e. The summed E-state index contributed by atoms with van der Waals surface area (Å²) in [5.74, 6) is 4.30. The van der Waals surface area contributed by atoms with E-state index in [1.165, 1.54) is 18.7 Å². The molecule has 0 fully saturated rings. The molecule has 5 heteroatoms. The van der Waals surface area contributed by atoms with Crippen LogP contribution in [0.25, 0.3) is 0 Å². The summed E-state index contributed by atoms with van der Waals surface area (Å²) in [6.45, 7) is 1.48. The molecule has 2 N–H and O–H groups in total. The van der Waals surface area contributed by atoms with Gasteiger partial charge in [0.15, 0.2) is 5.12 Å². The topological polar surface area (TPSA) is 43.1 Å². The Kier molecular flexibility index (Phi) is 4.98.